The standard InChI is InChI=1S/C16H20N2OS/c1-5-10-20-15-17-12-8-6-7-9-13(12)18(15)11-14(19)16(2,3)4/h5-9H,1,10-11H2,2-4H3. The average Bonchev–Trinajstić information content (AvgIpc) is 2.73. The van der Waals surface area contributed by atoms with Gasteiger partial charge in [0.05, 0.1) is 17.6 Å². The third-order valence-corrected chi connectivity index (χ3v) is 4.06. The number of hydrogen-bond acceptors (Lipinski definition) is 3. The van der Waals surface area contributed by atoms with Crippen LogP contribution in [0, 0.1) is 5.41 Å². The van der Waals surface area contributed by atoms with E-state index < -0.39 is 0 Å². The molecule has 0 saturated heterocycles. The molecule has 0 amide bonds. The highest BCUT2D eigenvalue weighted by Crippen LogP contribution is 2.26. The first-order valence-corrected chi connectivity index (χ1v) is 7.64. The number of fused-ring (bicyclic) bond motifs is 1. The molecular formula is C16H20N2OS. The summed E-state index contributed by atoms with van der Waals surface area (Å²) in [6, 6.07) is 7.93. The molecule has 0 aliphatic rings. The van der Waals surface area contributed by atoms with E-state index in [1.807, 2.05) is 55.7 Å². The second-order valence-electron chi connectivity index (χ2n) is 5.74. The Morgan fingerprint density at radius 1 is 1.40 bits per heavy atom. The number of hydrogen-bond donors (Lipinski definition) is 0. The minimum absolute atomic E-state index is 0.209. The Bertz CT molecular complexity index is 637. The summed E-state index contributed by atoms with van der Waals surface area (Å²) < 4.78 is 2.01. The molecule has 0 atom stereocenters. The maximum atomic E-state index is 12.3. The molecule has 0 aliphatic heterocycles. The fourth-order valence-electron chi connectivity index (χ4n) is 1.83. The number of aromatic nitrogens is 2. The van der Waals surface area contributed by atoms with Gasteiger partial charge in [0.2, 0.25) is 0 Å². The molecule has 0 spiro atoms. The number of ketones is 1. The Hall–Kier alpha value is -1.55. The molecule has 0 fully saturated rings. The minimum Gasteiger partial charge on any atom is -0.311 e. The van der Waals surface area contributed by atoms with Crippen molar-refractivity contribution < 1.29 is 4.79 Å². The smallest absolute Gasteiger partial charge is 0.169 e. The van der Waals surface area contributed by atoms with Crippen LogP contribution in [0.2, 0.25) is 0 Å². The summed E-state index contributed by atoms with van der Waals surface area (Å²) in [5.41, 5.74) is 1.60. The van der Waals surface area contributed by atoms with Crippen molar-refractivity contribution in [3.63, 3.8) is 0 Å². The molecule has 4 heteroatoms. The van der Waals surface area contributed by atoms with E-state index in [1.165, 1.54) is 0 Å². The monoisotopic (exact) mass is 288 g/mol. The molecule has 106 valence electrons. The van der Waals surface area contributed by atoms with Crippen LogP contribution in [0.15, 0.2) is 42.1 Å². The van der Waals surface area contributed by atoms with E-state index in [2.05, 4.69) is 11.6 Å². The van der Waals surface area contributed by atoms with Crippen LogP contribution in [-0.4, -0.2) is 21.1 Å². The van der Waals surface area contributed by atoms with Crippen LogP contribution >= 0.6 is 11.8 Å². The molecule has 0 N–H and O–H groups in total. The van der Waals surface area contributed by atoms with E-state index in [0.717, 1.165) is 21.9 Å². The van der Waals surface area contributed by atoms with Crippen LogP contribution in [0.5, 0.6) is 0 Å². The predicted octanol–water partition coefficient (Wildman–Crippen LogP) is 3.93. The van der Waals surface area contributed by atoms with E-state index in [9.17, 15) is 4.79 Å². The zero-order valence-corrected chi connectivity index (χ0v) is 13.0. The summed E-state index contributed by atoms with van der Waals surface area (Å²) in [7, 11) is 0. The highest BCUT2D eigenvalue weighted by atomic mass is 32.2. The highest BCUT2D eigenvalue weighted by Gasteiger charge is 2.23. The normalized spacial score (nSPS) is 11.8. The maximum absolute atomic E-state index is 12.3. The van der Waals surface area contributed by atoms with Gasteiger partial charge >= 0.3 is 0 Å². The van der Waals surface area contributed by atoms with Gasteiger partial charge in [0.25, 0.3) is 0 Å². The first-order chi connectivity index (χ1) is 9.43. The van der Waals surface area contributed by atoms with Gasteiger partial charge in [-0.15, -0.1) is 6.58 Å². The third kappa shape index (κ3) is 3.12. The van der Waals surface area contributed by atoms with Crippen molar-refractivity contribution in [2.45, 2.75) is 32.5 Å². The Balaban J connectivity index is 2.42. The highest BCUT2D eigenvalue weighted by molar-refractivity contribution is 7.99. The number of rotatable bonds is 5. The van der Waals surface area contributed by atoms with Gasteiger partial charge in [-0.1, -0.05) is 50.7 Å². The van der Waals surface area contributed by atoms with Crippen LogP contribution in [-0.2, 0) is 11.3 Å². The molecule has 0 saturated carbocycles. The lowest BCUT2D eigenvalue weighted by Crippen LogP contribution is -2.25. The number of carbonyl (C=O) groups is 1. The second kappa shape index (κ2) is 5.83. The van der Waals surface area contributed by atoms with Gasteiger partial charge in [-0.2, -0.15) is 0 Å². The van der Waals surface area contributed by atoms with E-state index in [1.54, 1.807) is 11.8 Å². The number of benzene rings is 1. The molecule has 1 aromatic carbocycles. The van der Waals surface area contributed by atoms with E-state index in [-0.39, 0.29) is 11.2 Å². The molecule has 0 unspecified atom stereocenters. The lowest BCUT2D eigenvalue weighted by atomic mass is 9.91. The molecule has 1 heterocycles. The SMILES string of the molecule is C=CCSc1nc2ccccc2n1CC(=O)C(C)(C)C. The Labute approximate surface area is 124 Å². The van der Waals surface area contributed by atoms with Gasteiger partial charge in [0.15, 0.2) is 10.9 Å². The molecule has 3 nitrogen and oxygen atoms in total. The molecular weight excluding hydrogens is 268 g/mol. The molecule has 0 bridgehead atoms. The van der Waals surface area contributed by atoms with E-state index in [4.69, 9.17) is 0 Å². The van der Waals surface area contributed by atoms with Gasteiger partial charge in [-0.25, -0.2) is 4.98 Å². The summed E-state index contributed by atoms with van der Waals surface area (Å²) in [5, 5.41) is 0.878. The van der Waals surface area contributed by atoms with Crippen molar-refractivity contribution >= 4 is 28.6 Å². The Morgan fingerprint density at radius 3 is 2.75 bits per heavy atom. The first kappa shape index (κ1) is 14.9. The molecule has 2 rings (SSSR count). The number of nitrogens with zero attached hydrogens (tertiary/aromatic N) is 2. The predicted molar refractivity (Wildman–Crippen MR) is 85.1 cm³/mol. The maximum Gasteiger partial charge on any atom is 0.169 e. The third-order valence-electron chi connectivity index (χ3n) is 3.09. The zero-order valence-electron chi connectivity index (χ0n) is 12.2. The second-order valence-corrected chi connectivity index (χ2v) is 6.73. The van der Waals surface area contributed by atoms with Crippen molar-refractivity contribution in [2.24, 2.45) is 5.41 Å². The fraction of sp³-hybridized carbons (Fsp3) is 0.375. The van der Waals surface area contributed by atoms with Crippen molar-refractivity contribution in [1.29, 1.82) is 0 Å². The Morgan fingerprint density at radius 2 is 2.10 bits per heavy atom. The largest absolute Gasteiger partial charge is 0.311 e. The number of thioether (sulfide) groups is 1. The number of carbonyl (C=O) groups excluding carboxylic acids is 1. The van der Waals surface area contributed by atoms with Crippen LogP contribution < -0.4 is 0 Å². The van der Waals surface area contributed by atoms with Crippen LogP contribution in [0.4, 0.5) is 0 Å². The molecule has 2 aromatic rings. The first-order valence-electron chi connectivity index (χ1n) is 6.65. The minimum atomic E-state index is -0.342. The summed E-state index contributed by atoms with van der Waals surface area (Å²) in [4.78, 5) is 16.9. The van der Waals surface area contributed by atoms with E-state index in [0.29, 0.717) is 6.54 Å². The fourth-order valence-corrected chi connectivity index (χ4v) is 2.58. The van der Waals surface area contributed by atoms with Crippen molar-refractivity contribution in [3.8, 4) is 0 Å². The summed E-state index contributed by atoms with van der Waals surface area (Å²) in [5.74, 6) is 0.994. The Kier molecular flexibility index (Phi) is 4.33. The molecule has 1 aromatic heterocycles. The summed E-state index contributed by atoms with van der Waals surface area (Å²) in [6.45, 7) is 9.95. The van der Waals surface area contributed by atoms with Crippen LogP contribution in [0.25, 0.3) is 11.0 Å². The van der Waals surface area contributed by atoms with E-state index >= 15 is 0 Å². The van der Waals surface area contributed by atoms with Gasteiger partial charge in [0, 0.05) is 11.2 Å². The molecule has 20 heavy (non-hydrogen) atoms. The lowest BCUT2D eigenvalue weighted by Gasteiger charge is -2.18. The lowest BCUT2D eigenvalue weighted by molar-refractivity contribution is -0.126. The van der Waals surface area contributed by atoms with Crippen LogP contribution in [0.1, 0.15) is 20.8 Å². The average molecular weight is 288 g/mol. The van der Waals surface area contributed by atoms with Crippen LogP contribution in [0.3, 0.4) is 0 Å². The van der Waals surface area contributed by atoms with Gasteiger partial charge in [0.1, 0.15) is 0 Å². The number of Topliss-reactive ketones (excluding diaryl/α,β-unsaturated/α-hetero) is 1. The molecule has 0 aliphatic carbocycles. The van der Waals surface area contributed by atoms with Gasteiger partial charge < -0.3 is 4.57 Å². The number of imidazole rings is 1. The quantitative estimate of drug-likeness (QED) is 0.617. The summed E-state index contributed by atoms with van der Waals surface area (Å²) in [6.07, 6.45) is 1.85. The van der Waals surface area contributed by atoms with Crippen molar-refractivity contribution in [3.05, 3.63) is 36.9 Å². The summed E-state index contributed by atoms with van der Waals surface area (Å²) >= 11 is 1.61. The molecule has 0 radical (unpaired) electrons. The number of para-hydroxylation sites is 2. The van der Waals surface area contributed by atoms with Crippen molar-refractivity contribution in [1.82, 2.24) is 9.55 Å². The topological polar surface area (TPSA) is 34.9 Å². The van der Waals surface area contributed by atoms with Gasteiger partial charge in [-0.3, -0.25) is 4.79 Å². The zero-order chi connectivity index (χ0) is 14.8. The van der Waals surface area contributed by atoms with Gasteiger partial charge in [-0.05, 0) is 12.1 Å². The van der Waals surface area contributed by atoms with Crippen molar-refractivity contribution in [2.75, 3.05) is 5.75 Å².